The van der Waals surface area contributed by atoms with Crippen LogP contribution in [0.4, 0.5) is 10.1 Å². The summed E-state index contributed by atoms with van der Waals surface area (Å²) in [4.78, 5) is 32.4. The molecule has 0 aromatic heterocycles. The van der Waals surface area contributed by atoms with Crippen molar-refractivity contribution in [2.75, 3.05) is 18.2 Å². The Balaban J connectivity index is 1.28. The fraction of sp³-hybridized carbons (Fsp3) is 0.613. The lowest BCUT2D eigenvalue weighted by molar-refractivity contribution is -0.223. The number of ketones is 2. The highest BCUT2D eigenvalue weighted by molar-refractivity contribution is 6.01. The number of hydroxylamine groups is 1. The maximum Gasteiger partial charge on any atom is 0.193 e. The Kier molecular flexibility index (Phi) is 5.10. The van der Waals surface area contributed by atoms with Crippen LogP contribution in [0.25, 0.3) is 0 Å². The first kappa shape index (κ1) is 24.7. The Labute approximate surface area is 222 Å². The van der Waals surface area contributed by atoms with E-state index in [-0.39, 0.29) is 24.0 Å². The number of hydrogen-bond acceptors (Lipinski definition) is 6. The molecular formula is C31H36FNO5. The average Bonchev–Trinajstić information content (AvgIpc) is 3.63. The van der Waals surface area contributed by atoms with Crippen LogP contribution in [-0.2, 0) is 14.4 Å². The zero-order valence-corrected chi connectivity index (χ0v) is 22.0. The molecule has 0 spiro atoms. The molecule has 5 fully saturated rings. The van der Waals surface area contributed by atoms with Crippen molar-refractivity contribution in [2.45, 2.75) is 75.7 Å². The number of allylic oxidation sites excluding steroid dienone is 4. The number of Topliss-reactive ketones (excluding diaryl/α,β-unsaturated/α-hetero) is 1. The average molecular weight is 522 g/mol. The first-order valence-corrected chi connectivity index (χ1v) is 14.1. The summed E-state index contributed by atoms with van der Waals surface area (Å²) < 4.78 is 17.5. The molecule has 1 heterocycles. The number of hydrogen-bond donors (Lipinski definition) is 2. The Morgan fingerprint density at radius 2 is 2.00 bits per heavy atom. The standard InChI is InChI=1S/C31H36FNO5/c1-28-11-10-23(35)13-20(28)8-9-24-25-14-21-16-33(22-5-3-4-19(12-22)18-6-7-18)38-31(21,27(37)17-34)29(25,2)15-26(36)30(24,28)32/h3-5,10-13,18,21,24-26,34,36H,6-9,14-17H2,1-2H3/t21-,24-,25-,26-,28-,29-,30-,31-/m0/s1. The number of benzene rings is 1. The van der Waals surface area contributed by atoms with Crippen molar-refractivity contribution in [3.8, 4) is 0 Å². The molecule has 7 heteroatoms. The molecular weight excluding hydrogens is 485 g/mol. The second-order valence-electron chi connectivity index (χ2n) is 13.0. The second kappa shape index (κ2) is 7.86. The van der Waals surface area contributed by atoms with Gasteiger partial charge in [-0.2, -0.15) is 0 Å². The van der Waals surface area contributed by atoms with E-state index in [2.05, 4.69) is 12.1 Å². The van der Waals surface area contributed by atoms with Gasteiger partial charge in [0.25, 0.3) is 0 Å². The molecule has 5 aliphatic carbocycles. The number of anilines is 1. The van der Waals surface area contributed by atoms with Gasteiger partial charge >= 0.3 is 0 Å². The van der Waals surface area contributed by atoms with E-state index >= 15 is 4.39 Å². The molecule has 202 valence electrons. The van der Waals surface area contributed by atoms with E-state index in [1.807, 2.05) is 19.1 Å². The predicted molar refractivity (Wildman–Crippen MR) is 139 cm³/mol. The summed E-state index contributed by atoms with van der Waals surface area (Å²) in [6.45, 7) is 3.58. The minimum absolute atomic E-state index is 0.0491. The molecule has 7 rings (SSSR count). The maximum atomic E-state index is 17.5. The van der Waals surface area contributed by atoms with Gasteiger partial charge in [0.05, 0.1) is 18.3 Å². The molecule has 1 saturated heterocycles. The second-order valence-corrected chi connectivity index (χ2v) is 13.0. The van der Waals surface area contributed by atoms with Crippen molar-refractivity contribution in [3.63, 3.8) is 0 Å². The van der Waals surface area contributed by atoms with Crippen LogP contribution in [0.3, 0.4) is 0 Å². The monoisotopic (exact) mass is 521 g/mol. The lowest BCUT2D eigenvalue weighted by Crippen LogP contribution is -2.69. The predicted octanol–water partition coefficient (Wildman–Crippen LogP) is 4.21. The van der Waals surface area contributed by atoms with Crippen molar-refractivity contribution < 1.29 is 29.0 Å². The van der Waals surface area contributed by atoms with E-state index < -0.39 is 46.5 Å². The smallest absolute Gasteiger partial charge is 0.193 e. The third kappa shape index (κ3) is 2.88. The molecule has 6 nitrogen and oxygen atoms in total. The number of carbonyl (C=O) groups excluding carboxylic acids is 2. The summed E-state index contributed by atoms with van der Waals surface area (Å²) in [5.74, 6) is -0.894. The highest BCUT2D eigenvalue weighted by Crippen LogP contribution is 2.72. The lowest BCUT2D eigenvalue weighted by atomic mass is 9.44. The minimum Gasteiger partial charge on any atom is -0.390 e. The third-order valence-corrected chi connectivity index (χ3v) is 11.4. The Bertz CT molecular complexity index is 1290. The van der Waals surface area contributed by atoms with Crippen LogP contribution in [-0.4, -0.2) is 52.3 Å². The van der Waals surface area contributed by atoms with Crippen molar-refractivity contribution in [1.29, 1.82) is 0 Å². The molecule has 1 aromatic carbocycles. The van der Waals surface area contributed by atoms with E-state index in [1.165, 1.54) is 30.6 Å². The number of halogens is 1. The summed E-state index contributed by atoms with van der Waals surface area (Å²) in [5.41, 5.74) is -2.33. The number of fused-ring (bicyclic) bond motifs is 7. The van der Waals surface area contributed by atoms with Crippen LogP contribution in [0.2, 0.25) is 0 Å². The number of nitrogens with zero attached hydrogens (tertiary/aromatic N) is 1. The molecule has 4 saturated carbocycles. The number of aliphatic hydroxyl groups excluding tert-OH is 2. The number of rotatable bonds is 4. The van der Waals surface area contributed by atoms with Crippen molar-refractivity contribution in [1.82, 2.24) is 0 Å². The van der Waals surface area contributed by atoms with E-state index in [9.17, 15) is 19.8 Å². The SMILES string of the molecule is C[C@]12C=CC(=O)C=C1CC[C@H]1[C@@H]3C[C@H]4CN(c5cccc(C6CC6)c5)O[C@@]4(C(=O)CO)[C@@]3(C)C[C@H](O)[C@@]12F. The van der Waals surface area contributed by atoms with Crippen LogP contribution < -0.4 is 5.06 Å². The third-order valence-electron chi connectivity index (χ3n) is 11.4. The molecule has 1 aliphatic heterocycles. The highest BCUT2D eigenvalue weighted by Gasteiger charge is 2.78. The van der Waals surface area contributed by atoms with Gasteiger partial charge in [0.15, 0.2) is 22.8 Å². The molecule has 38 heavy (non-hydrogen) atoms. The molecule has 1 aromatic rings. The molecule has 2 N–H and O–H groups in total. The number of carbonyl (C=O) groups is 2. The first-order valence-electron chi connectivity index (χ1n) is 14.1. The zero-order valence-electron chi connectivity index (χ0n) is 22.0. The minimum atomic E-state index is -1.96. The van der Waals surface area contributed by atoms with Gasteiger partial charge in [0, 0.05) is 22.7 Å². The summed E-state index contributed by atoms with van der Waals surface area (Å²) >= 11 is 0. The molecule has 0 unspecified atom stereocenters. The van der Waals surface area contributed by atoms with Crippen LogP contribution in [0.1, 0.15) is 63.9 Å². The van der Waals surface area contributed by atoms with Gasteiger partial charge in [-0.25, -0.2) is 4.39 Å². The van der Waals surface area contributed by atoms with E-state index in [4.69, 9.17) is 4.84 Å². The molecule has 6 aliphatic rings. The van der Waals surface area contributed by atoms with E-state index in [1.54, 1.807) is 18.1 Å². The lowest BCUT2D eigenvalue weighted by Gasteiger charge is -2.62. The van der Waals surface area contributed by atoms with E-state index in [0.717, 1.165) is 11.3 Å². The number of alkyl halides is 1. The van der Waals surface area contributed by atoms with Crippen molar-refractivity contribution >= 4 is 17.3 Å². The molecule has 8 atom stereocenters. The molecule has 0 amide bonds. The summed E-state index contributed by atoms with van der Waals surface area (Å²) in [6.07, 6.45) is 7.34. The van der Waals surface area contributed by atoms with Gasteiger partial charge < -0.3 is 10.2 Å². The Hall–Kier alpha value is -2.35. The van der Waals surface area contributed by atoms with Crippen molar-refractivity contribution in [2.24, 2.45) is 28.6 Å². The van der Waals surface area contributed by atoms with Gasteiger partial charge in [-0.15, -0.1) is 0 Å². The van der Waals surface area contributed by atoms with Gasteiger partial charge in [-0.1, -0.05) is 30.7 Å². The molecule has 0 radical (unpaired) electrons. The number of aliphatic hydroxyl groups is 2. The summed E-state index contributed by atoms with van der Waals surface area (Å²) in [6, 6.07) is 8.26. The van der Waals surface area contributed by atoms with Gasteiger partial charge in [-0.05, 0) is 87.1 Å². The Morgan fingerprint density at radius 3 is 2.74 bits per heavy atom. The largest absolute Gasteiger partial charge is 0.390 e. The maximum absolute atomic E-state index is 17.5. The summed E-state index contributed by atoms with van der Waals surface area (Å²) in [7, 11) is 0. The van der Waals surface area contributed by atoms with Crippen LogP contribution in [0, 0.1) is 28.6 Å². The fourth-order valence-electron chi connectivity index (χ4n) is 9.38. The van der Waals surface area contributed by atoms with Crippen LogP contribution in [0.5, 0.6) is 0 Å². The quantitative estimate of drug-likeness (QED) is 0.617. The zero-order chi connectivity index (χ0) is 26.7. The summed E-state index contributed by atoms with van der Waals surface area (Å²) in [5, 5.41) is 23.6. The van der Waals surface area contributed by atoms with E-state index in [0.29, 0.717) is 31.7 Å². The van der Waals surface area contributed by atoms with Crippen LogP contribution >= 0.6 is 0 Å². The fourth-order valence-corrected chi connectivity index (χ4v) is 9.38. The first-order chi connectivity index (χ1) is 18.1. The molecule has 0 bridgehead atoms. The highest BCUT2D eigenvalue weighted by atomic mass is 19.1. The topological polar surface area (TPSA) is 87.1 Å². The van der Waals surface area contributed by atoms with Gasteiger partial charge in [0.1, 0.15) is 6.61 Å². The van der Waals surface area contributed by atoms with Gasteiger partial charge in [0.2, 0.25) is 0 Å². The van der Waals surface area contributed by atoms with Crippen molar-refractivity contribution in [3.05, 3.63) is 53.6 Å². The van der Waals surface area contributed by atoms with Gasteiger partial charge in [-0.3, -0.25) is 19.5 Å². The Morgan fingerprint density at radius 1 is 1.21 bits per heavy atom. The van der Waals surface area contributed by atoms with Crippen LogP contribution in [0.15, 0.2) is 48.1 Å². The normalized spacial score (nSPS) is 45.2.